The molecule has 0 amide bonds. The van der Waals surface area contributed by atoms with Crippen LogP contribution in [0.1, 0.15) is 29.3 Å². The van der Waals surface area contributed by atoms with Gasteiger partial charge in [0.05, 0.1) is 18.0 Å². The van der Waals surface area contributed by atoms with Crippen LogP contribution in [0.5, 0.6) is 0 Å². The zero-order valence-electron chi connectivity index (χ0n) is 15.2. The molecule has 0 atom stereocenters. The van der Waals surface area contributed by atoms with E-state index < -0.39 is 10.0 Å². The standard InChI is InChI=1S/C17H25N5O2S2/c1-4-14-11-20-16(25-14)12-22-17(19-5-2)21-10-13-6-8-15(9-7-13)26(23,24)18-3/h6-9,11,18H,4-5,10,12H2,1-3H3,(H2,19,21,22). The van der Waals surface area contributed by atoms with Crippen LogP contribution < -0.4 is 15.4 Å². The fourth-order valence-electron chi connectivity index (χ4n) is 2.16. The summed E-state index contributed by atoms with van der Waals surface area (Å²) in [5.41, 5.74) is 0.930. The number of hydrogen-bond donors (Lipinski definition) is 3. The molecule has 0 fully saturated rings. The lowest BCUT2D eigenvalue weighted by Gasteiger charge is -2.10. The van der Waals surface area contributed by atoms with Gasteiger partial charge in [-0.15, -0.1) is 11.3 Å². The molecule has 0 radical (unpaired) electrons. The average molecular weight is 396 g/mol. The van der Waals surface area contributed by atoms with Gasteiger partial charge in [-0.25, -0.2) is 23.1 Å². The Kier molecular flexibility index (Phi) is 7.55. The van der Waals surface area contributed by atoms with Gasteiger partial charge in [0, 0.05) is 17.6 Å². The summed E-state index contributed by atoms with van der Waals surface area (Å²) in [6, 6.07) is 6.70. The summed E-state index contributed by atoms with van der Waals surface area (Å²) >= 11 is 1.69. The van der Waals surface area contributed by atoms with Crippen molar-refractivity contribution < 1.29 is 8.42 Å². The third-order valence-electron chi connectivity index (χ3n) is 3.62. The number of nitrogens with one attached hydrogen (secondary N) is 3. The predicted molar refractivity (Wildman–Crippen MR) is 106 cm³/mol. The van der Waals surface area contributed by atoms with Crippen molar-refractivity contribution >= 4 is 27.3 Å². The molecule has 0 aliphatic rings. The van der Waals surface area contributed by atoms with Gasteiger partial charge in [0.15, 0.2) is 5.96 Å². The Morgan fingerprint density at radius 1 is 1.19 bits per heavy atom. The van der Waals surface area contributed by atoms with Gasteiger partial charge in [-0.05, 0) is 38.1 Å². The van der Waals surface area contributed by atoms with E-state index in [2.05, 4.69) is 32.3 Å². The largest absolute Gasteiger partial charge is 0.357 e. The first kappa shape index (κ1) is 20.3. The van der Waals surface area contributed by atoms with Crippen LogP contribution in [0.15, 0.2) is 40.4 Å². The van der Waals surface area contributed by atoms with E-state index in [1.807, 2.05) is 13.1 Å². The smallest absolute Gasteiger partial charge is 0.240 e. The molecule has 2 aromatic rings. The highest BCUT2D eigenvalue weighted by molar-refractivity contribution is 7.89. The molecule has 0 spiro atoms. The summed E-state index contributed by atoms with van der Waals surface area (Å²) in [4.78, 5) is 10.4. The van der Waals surface area contributed by atoms with Crippen LogP contribution in [0.2, 0.25) is 0 Å². The average Bonchev–Trinajstić information content (AvgIpc) is 3.12. The summed E-state index contributed by atoms with van der Waals surface area (Å²) in [6.45, 7) is 5.95. The van der Waals surface area contributed by atoms with E-state index in [0.717, 1.165) is 23.5 Å². The lowest BCUT2D eigenvalue weighted by Crippen LogP contribution is -2.36. The van der Waals surface area contributed by atoms with Crippen molar-refractivity contribution in [2.24, 2.45) is 4.99 Å². The van der Waals surface area contributed by atoms with Crippen LogP contribution in [0.3, 0.4) is 0 Å². The van der Waals surface area contributed by atoms with E-state index in [9.17, 15) is 8.42 Å². The fourth-order valence-corrected chi connectivity index (χ4v) is 3.69. The molecule has 1 aromatic heterocycles. The van der Waals surface area contributed by atoms with Crippen molar-refractivity contribution in [3.8, 4) is 0 Å². The van der Waals surface area contributed by atoms with Crippen molar-refractivity contribution in [3.05, 3.63) is 45.9 Å². The van der Waals surface area contributed by atoms with Crippen LogP contribution in [0.4, 0.5) is 0 Å². The van der Waals surface area contributed by atoms with Gasteiger partial charge in [0.25, 0.3) is 0 Å². The minimum Gasteiger partial charge on any atom is -0.357 e. The number of aromatic nitrogens is 1. The number of thiazole rings is 1. The number of guanidine groups is 1. The SMILES string of the molecule is CCNC(=NCc1ccc(S(=O)(=O)NC)cc1)NCc1ncc(CC)s1. The van der Waals surface area contributed by atoms with E-state index in [0.29, 0.717) is 19.0 Å². The molecule has 142 valence electrons. The van der Waals surface area contributed by atoms with Gasteiger partial charge < -0.3 is 10.6 Å². The lowest BCUT2D eigenvalue weighted by molar-refractivity contribution is 0.588. The summed E-state index contributed by atoms with van der Waals surface area (Å²) in [5.74, 6) is 0.702. The van der Waals surface area contributed by atoms with Gasteiger partial charge in [-0.1, -0.05) is 19.1 Å². The maximum Gasteiger partial charge on any atom is 0.240 e. The van der Waals surface area contributed by atoms with Gasteiger partial charge in [0.2, 0.25) is 10.0 Å². The van der Waals surface area contributed by atoms with Gasteiger partial charge in [-0.3, -0.25) is 0 Å². The van der Waals surface area contributed by atoms with Crippen LogP contribution in [0.25, 0.3) is 0 Å². The lowest BCUT2D eigenvalue weighted by atomic mass is 10.2. The van der Waals surface area contributed by atoms with Crippen LogP contribution in [-0.4, -0.2) is 33.0 Å². The quantitative estimate of drug-likeness (QED) is 0.468. The van der Waals surface area contributed by atoms with Crippen molar-refractivity contribution in [3.63, 3.8) is 0 Å². The van der Waals surface area contributed by atoms with Gasteiger partial charge in [-0.2, -0.15) is 0 Å². The maximum absolute atomic E-state index is 11.7. The Bertz CT molecular complexity index is 829. The second kappa shape index (κ2) is 9.65. The third-order valence-corrected chi connectivity index (χ3v) is 6.20. The Hall–Kier alpha value is -1.97. The van der Waals surface area contributed by atoms with Crippen molar-refractivity contribution in [2.45, 2.75) is 38.3 Å². The molecule has 0 saturated carbocycles. The van der Waals surface area contributed by atoms with Gasteiger partial charge >= 0.3 is 0 Å². The molecule has 0 aliphatic carbocycles. The minimum absolute atomic E-state index is 0.244. The molecule has 0 unspecified atom stereocenters. The Morgan fingerprint density at radius 2 is 1.92 bits per heavy atom. The molecular weight excluding hydrogens is 370 g/mol. The maximum atomic E-state index is 11.7. The van der Waals surface area contributed by atoms with Crippen LogP contribution >= 0.6 is 11.3 Å². The van der Waals surface area contributed by atoms with E-state index in [-0.39, 0.29) is 4.90 Å². The molecule has 0 bridgehead atoms. The fraction of sp³-hybridized carbons (Fsp3) is 0.412. The molecule has 2 rings (SSSR count). The second-order valence-electron chi connectivity index (χ2n) is 5.47. The number of aliphatic imine (C=N–C) groups is 1. The topological polar surface area (TPSA) is 95.5 Å². The van der Waals surface area contributed by atoms with Crippen molar-refractivity contribution in [2.75, 3.05) is 13.6 Å². The molecule has 3 N–H and O–H groups in total. The molecule has 9 heteroatoms. The van der Waals surface area contributed by atoms with Gasteiger partial charge in [0.1, 0.15) is 5.01 Å². The summed E-state index contributed by atoms with van der Waals surface area (Å²) in [6.07, 6.45) is 2.90. The zero-order valence-corrected chi connectivity index (χ0v) is 16.9. The predicted octanol–water partition coefficient (Wildman–Crippen LogP) is 1.87. The highest BCUT2D eigenvalue weighted by Crippen LogP contribution is 2.13. The number of hydrogen-bond acceptors (Lipinski definition) is 5. The van der Waals surface area contributed by atoms with Crippen LogP contribution in [-0.2, 0) is 29.5 Å². The molecular formula is C17H25N5O2S2. The highest BCUT2D eigenvalue weighted by atomic mass is 32.2. The Labute approximate surface area is 159 Å². The van der Waals surface area contributed by atoms with E-state index in [1.165, 1.54) is 11.9 Å². The number of rotatable bonds is 8. The number of benzene rings is 1. The highest BCUT2D eigenvalue weighted by Gasteiger charge is 2.10. The second-order valence-corrected chi connectivity index (χ2v) is 8.56. The number of aryl methyl sites for hydroxylation is 1. The first-order valence-corrected chi connectivity index (χ1v) is 10.8. The Balaban J connectivity index is 1.99. The first-order valence-electron chi connectivity index (χ1n) is 8.46. The summed E-state index contributed by atoms with van der Waals surface area (Å²) in [5, 5.41) is 7.49. The molecule has 0 saturated heterocycles. The minimum atomic E-state index is -3.41. The molecule has 1 aromatic carbocycles. The summed E-state index contributed by atoms with van der Waals surface area (Å²) < 4.78 is 25.8. The van der Waals surface area contributed by atoms with Crippen molar-refractivity contribution in [1.82, 2.24) is 20.3 Å². The first-order chi connectivity index (χ1) is 12.5. The molecule has 1 heterocycles. The molecule has 0 aliphatic heterocycles. The number of nitrogens with zero attached hydrogens (tertiary/aromatic N) is 2. The van der Waals surface area contributed by atoms with Crippen LogP contribution in [0, 0.1) is 0 Å². The summed E-state index contributed by atoms with van der Waals surface area (Å²) in [7, 11) is -2.01. The normalized spacial score (nSPS) is 12.2. The van der Waals surface area contributed by atoms with E-state index >= 15 is 0 Å². The van der Waals surface area contributed by atoms with Crippen molar-refractivity contribution in [1.29, 1.82) is 0 Å². The third kappa shape index (κ3) is 5.79. The number of sulfonamides is 1. The zero-order chi connectivity index (χ0) is 19.0. The van der Waals surface area contributed by atoms with E-state index in [1.54, 1.807) is 35.6 Å². The Morgan fingerprint density at radius 3 is 2.50 bits per heavy atom. The van der Waals surface area contributed by atoms with E-state index in [4.69, 9.17) is 0 Å². The molecule has 7 nitrogen and oxygen atoms in total. The molecule has 26 heavy (non-hydrogen) atoms. The monoisotopic (exact) mass is 395 g/mol.